The molecule has 0 aliphatic carbocycles. The number of hydrogen-bond donors (Lipinski definition) is 0. The second kappa shape index (κ2) is 4.57. The van der Waals surface area contributed by atoms with Crippen LogP contribution >= 0.6 is 11.6 Å². The highest BCUT2D eigenvalue weighted by Gasteiger charge is 2.22. The van der Waals surface area contributed by atoms with E-state index in [0.717, 1.165) is 6.42 Å². The van der Waals surface area contributed by atoms with E-state index in [2.05, 4.69) is 52.8 Å². The van der Waals surface area contributed by atoms with Crippen LogP contribution in [0.3, 0.4) is 0 Å². The van der Waals surface area contributed by atoms with Gasteiger partial charge in [0.2, 0.25) is 0 Å². The van der Waals surface area contributed by atoms with Gasteiger partial charge in [0.25, 0.3) is 0 Å². The van der Waals surface area contributed by atoms with Crippen LogP contribution in [0.5, 0.6) is 0 Å². The van der Waals surface area contributed by atoms with Crippen LogP contribution in [0.15, 0.2) is 18.2 Å². The molecule has 0 aromatic heterocycles. The molecule has 0 nitrogen and oxygen atoms in total. The predicted molar refractivity (Wildman–Crippen MR) is 68.9 cm³/mol. The molecule has 0 N–H and O–H groups in total. The van der Waals surface area contributed by atoms with Crippen LogP contribution in [0, 0.1) is 13.8 Å². The average molecular weight is 225 g/mol. The van der Waals surface area contributed by atoms with Crippen molar-refractivity contribution in [1.82, 2.24) is 0 Å². The van der Waals surface area contributed by atoms with Gasteiger partial charge in [-0.15, -0.1) is 11.6 Å². The number of hydrogen-bond acceptors (Lipinski definition) is 0. The summed E-state index contributed by atoms with van der Waals surface area (Å²) >= 11 is 6.09. The summed E-state index contributed by atoms with van der Waals surface area (Å²) in [5.74, 6) is 0. The average Bonchev–Trinajstić information content (AvgIpc) is 1.99. The summed E-state index contributed by atoms with van der Waals surface area (Å²) in [5.41, 5.74) is 4.23. The summed E-state index contributed by atoms with van der Waals surface area (Å²) in [7, 11) is 0. The van der Waals surface area contributed by atoms with Gasteiger partial charge in [0.1, 0.15) is 0 Å². The minimum Gasteiger partial charge on any atom is -0.123 e. The monoisotopic (exact) mass is 224 g/mol. The fourth-order valence-electron chi connectivity index (χ4n) is 2.19. The lowest BCUT2D eigenvalue weighted by atomic mass is 9.79. The Kier molecular flexibility index (Phi) is 3.83. The van der Waals surface area contributed by atoms with Gasteiger partial charge in [0.05, 0.1) is 0 Å². The summed E-state index contributed by atoms with van der Waals surface area (Å²) in [6.45, 7) is 10.9. The largest absolute Gasteiger partial charge is 0.123 e. The molecule has 0 bridgehead atoms. The van der Waals surface area contributed by atoms with E-state index >= 15 is 0 Å². The Labute approximate surface area is 98.7 Å². The summed E-state index contributed by atoms with van der Waals surface area (Å²) in [6, 6.07) is 6.75. The van der Waals surface area contributed by atoms with E-state index in [9.17, 15) is 0 Å². The number of benzene rings is 1. The number of alkyl halides is 1. The lowest BCUT2D eigenvalue weighted by Gasteiger charge is -2.27. The fourth-order valence-corrected chi connectivity index (χ4v) is 2.57. The van der Waals surface area contributed by atoms with E-state index in [1.807, 2.05) is 0 Å². The number of halogens is 1. The van der Waals surface area contributed by atoms with Gasteiger partial charge in [-0.3, -0.25) is 0 Å². The highest BCUT2D eigenvalue weighted by Crippen LogP contribution is 2.31. The van der Waals surface area contributed by atoms with E-state index in [4.69, 9.17) is 11.6 Å². The molecular formula is C14H21Cl. The van der Waals surface area contributed by atoms with Gasteiger partial charge in [0.15, 0.2) is 0 Å². The Morgan fingerprint density at radius 1 is 1.13 bits per heavy atom. The quantitative estimate of drug-likeness (QED) is 0.659. The maximum atomic E-state index is 6.09. The molecule has 0 aliphatic heterocycles. The van der Waals surface area contributed by atoms with E-state index in [-0.39, 0.29) is 10.8 Å². The minimum atomic E-state index is 0.165. The predicted octanol–water partition coefficient (Wildman–Crippen LogP) is 4.60. The molecule has 0 amide bonds. The Morgan fingerprint density at radius 3 is 2.00 bits per heavy atom. The molecule has 0 spiro atoms. The lowest BCUT2D eigenvalue weighted by Crippen LogP contribution is -2.21. The molecule has 0 radical (unpaired) electrons. The van der Waals surface area contributed by atoms with E-state index in [0.29, 0.717) is 0 Å². The zero-order valence-electron chi connectivity index (χ0n) is 10.4. The third-order valence-electron chi connectivity index (χ3n) is 2.79. The van der Waals surface area contributed by atoms with Crippen LogP contribution in [0.25, 0.3) is 0 Å². The van der Waals surface area contributed by atoms with Crippen molar-refractivity contribution in [2.24, 2.45) is 0 Å². The van der Waals surface area contributed by atoms with E-state index < -0.39 is 0 Å². The SMILES string of the molecule is Cc1cc(C)cc(C(C)(C)CC(C)Cl)c1. The van der Waals surface area contributed by atoms with Crippen molar-refractivity contribution in [1.29, 1.82) is 0 Å². The first-order valence-corrected chi connectivity index (χ1v) is 5.98. The molecule has 0 aliphatic rings. The minimum absolute atomic E-state index is 0.165. The molecule has 0 fully saturated rings. The summed E-state index contributed by atoms with van der Waals surface area (Å²) in [5, 5.41) is 0.223. The highest BCUT2D eigenvalue weighted by molar-refractivity contribution is 6.20. The number of rotatable bonds is 3. The van der Waals surface area contributed by atoms with Crippen LogP contribution in [0.4, 0.5) is 0 Å². The summed E-state index contributed by atoms with van der Waals surface area (Å²) < 4.78 is 0. The topological polar surface area (TPSA) is 0 Å². The first-order valence-electron chi connectivity index (χ1n) is 5.54. The van der Waals surface area contributed by atoms with Gasteiger partial charge < -0.3 is 0 Å². The van der Waals surface area contributed by atoms with Crippen molar-refractivity contribution in [3.8, 4) is 0 Å². The van der Waals surface area contributed by atoms with Crippen LogP contribution in [-0.2, 0) is 5.41 Å². The molecule has 1 aromatic carbocycles. The number of aryl methyl sites for hydroxylation is 2. The zero-order chi connectivity index (χ0) is 11.6. The van der Waals surface area contributed by atoms with E-state index in [1.54, 1.807) is 0 Å². The van der Waals surface area contributed by atoms with Gasteiger partial charge in [-0.05, 0) is 38.2 Å². The Bertz CT molecular complexity index is 317. The molecule has 1 heteroatoms. The van der Waals surface area contributed by atoms with Crippen molar-refractivity contribution >= 4 is 11.6 Å². The molecule has 1 atom stereocenters. The zero-order valence-corrected chi connectivity index (χ0v) is 11.2. The van der Waals surface area contributed by atoms with Crippen LogP contribution in [-0.4, -0.2) is 5.38 Å². The second-order valence-corrected chi connectivity index (χ2v) is 5.99. The van der Waals surface area contributed by atoms with Gasteiger partial charge in [-0.25, -0.2) is 0 Å². The van der Waals surface area contributed by atoms with Crippen molar-refractivity contribution in [2.75, 3.05) is 0 Å². The van der Waals surface area contributed by atoms with Gasteiger partial charge in [-0.1, -0.05) is 43.2 Å². The Morgan fingerprint density at radius 2 is 1.60 bits per heavy atom. The summed E-state index contributed by atoms with van der Waals surface area (Å²) in [4.78, 5) is 0. The van der Waals surface area contributed by atoms with Crippen molar-refractivity contribution in [2.45, 2.75) is 51.8 Å². The molecule has 1 aromatic rings. The molecule has 1 unspecified atom stereocenters. The Hall–Kier alpha value is -0.490. The molecule has 15 heavy (non-hydrogen) atoms. The first-order chi connectivity index (χ1) is 6.81. The standard InChI is InChI=1S/C14H21Cl/c1-10-6-11(2)8-13(7-10)14(4,5)9-12(3)15/h6-8,12H,9H2,1-5H3. The van der Waals surface area contributed by atoms with Crippen LogP contribution in [0.2, 0.25) is 0 Å². The van der Waals surface area contributed by atoms with Crippen LogP contribution in [0.1, 0.15) is 43.9 Å². The van der Waals surface area contributed by atoms with Crippen molar-refractivity contribution in [3.63, 3.8) is 0 Å². The van der Waals surface area contributed by atoms with Crippen LogP contribution < -0.4 is 0 Å². The van der Waals surface area contributed by atoms with Gasteiger partial charge >= 0.3 is 0 Å². The molecule has 0 saturated heterocycles. The van der Waals surface area contributed by atoms with Crippen molar-refractivity contribution in [3.05, 3.63) is 34.9 Å². The highest BCUT2D eigenvalue weighted by atomic mass is 35.5. The molecule has 1 rings (SSSR count). The maximum Gasteiger partial charge on any atom is 0.0316 e. The van der Waals surface area contributed by atoms with E-state index in [1.165, 1.54) is 16.7 Å². The second-order valence-electron chi connectivity index (χ2n) is 5.25. The molecule has 84 valence electrons. The third kappa shape index (κ3) is 3.53. The lowest BCUT2D eigenvalue weighted by molar-refractivity contribution is 0.476. The first kappa shape index (κ1) is 12.6. The summed E-state index contributed by atoms with van der Waals surface area (Å²) in [6.07, 6.45) is 1.01. The smallest absolute Gasteiger partial charge is 0.0316 e. The fraction of sp³-hybridized carbons (Fsp3) is 0.571. The normalized spacial score (nSPS) is 14.0. The third-order valence-corrected chi connectivity index (χ3v) is 2.95. The maximum absolute atomic E-state index is 6.09. The van der Waals surface area contributed by atoms with Gasteiger partial charge in [-0.2, -0.15) is 0 Å². The molecular weight excluding hydrogens is 204 g/mol. The Balaban J connectivity index is 3.03. The molecule has 0 heterocycles. The van der Waals surface area contributed by atoms with Crippen molar-refractivity contribution < 1.29 is 0 Å². The molecule has 0 saturated carbocycles. The van der Waals surface area contributed by atoms with Gasteiger partial charge in [0, 0.05) is 5.38 Å².